The summed E-state index contributed by atoms with van der Waals surface area (Å²) >= 11 is 1.65. The van der Waals surface area contributed by atoms with Crippen molar-refractivity contribution < 1.29 is 4.79 Å². The van der Waals surface area contributed by atoms with Gasteiger partial charge in [-0.3, -0.25) is 4.79 Å². The van der Waals surface area contributed by atoms with Crippen molar-refractivity contribution in [1.82, 2.24) is 9.97 Å². The molecule has 4 rings (SSSR count). The molecule has 0 spiro atoms. The molecule has 0 aliphatic heterocycles. The zero-order valence-corrected chi connectivity index (χ0v) is 18.2. The fourth-order valence-corrected chi connectivity index (χ4v) is 4.37. The van der Waals surface area contributed by atoms with Gasteiger partial charge in [-0.25, -0.2) is 9.97 Å². The number of anilines is 2. The zero-order chi connectivity index (χ0) is 21.1. The van der Waals surface area contributed by atoms with Crippen LogP contribution in [0.25, 0.3) is 20.7 Å². The maximum Gasteiger partial charge on any atom is 0.226 e. The van der Waals surface area contributed by atoms with Crippen molar-refractivity contribution in [3.63, 3.8) is 0 Å². The average molecular weight is 417 g/mol. The van der Waals surface area contributed by atoms with Gasteiger partial charge in [0.1, 0.15) is 17.0 Å². The second-order valence-electron chi connectivity index (χ2n) is 7.36. The van der Waals surface area contributed by atoms with Crippen molar-refractivity contribution in [3.05, 3.63) is 72.1 Å². The number of carbonyl (C=O) groups is 1. The van der Waals surface area contributed by atoms with Gasteiger partial charge in [0.25, 0.3) is 0 Å². The fourth-order valence-electron chi connectivity index (χ4n) is 3.37. The van der Waals surface area contributed by atoms with Gasteiger partial charge in [0.15, 0.2) is 0 Å². The van der Waals surface area contributed by atoms with Crippen LogP contribution in [-0.4, -0.2) is 29.5 Å². The Morgan fingerprint density at radius 2 is 1.87 bits per heavy atom. The standard InChI is InChI=1S/C24H24N4OS/c1-16-8-7-11-20(17(16)2)27-22(29)12-13-28(3)23-19-14-21(18-9-5-4-6-10-18)30-24(19)26-15-25-23/h4-11,14-15H,12-13H2,1-3H3,(H,27,29). The third-order valence-electron chi connectivity index (χ3n) is 5.28. The Labute approximate surface area is 180 Å². The minimum atomic E-state index is -0.00357. The van der Waals surface area contributed by atoms with E-state index in [2.05, 4.69) is 33.5 Å². The molecule has 0 aliphatic rings. The normalized spacial score (nSPS) is 10.9. The zero-order valence-electron chi connectivity index (χ0n) is 17.3. The number of thiophene rings is 1. The molecule has 2 heterocycles. The second kappa shape index (κ2) is 8.63. The van der Waals surface area contributed by atoms with Crippen LogP contribution in [0.15, 0.2) is 60.9 Å². The number of hydrogen-bond donors (Lipinski definition) is 1. The lowest BCUT2D eigenvalue weighted by Gasteiger charge is -2.18. The van der Waals surface area contributed by atoms with Gasteiger partial charge in [-0.1, -0.05) is 42.5 Å². The molecule has 0 aliphatic carbocycles. The first kappa shape index (κ1) is 20.0. The molecule has 0 bridgehead atoms. The van der Waals surface area contributed by atoms with E-state index in [4.69, 9.17) is 0 Å². The molecule has 0 saturated carbocycles. The van der Waals surface area contributed by atoms with E-state index in [9.17, 15) is 4.79 Å². The summed E-state index contributed by atoms with van der Waals surface area (Å²) in [5, 5.41) is 4.04. The van der Waals surface area contributed by atoms with Crippen molar-refractivity contribution in [2.24, 2.45) is 0 Å². The molecule has 0 unspecified atom stereocenters. The minimum absolute atomic E-state index is 0.00357. The van der Waals surface area contributed by atoms with Crippen molar-refractivity contribution in [2.45, 2.75) is 20.3 Å². The van der Waals surface area contributed by atoms with Gasteiger partial charge in [-0.05, 0) is 42.7 Å². The Balaban J connectivity index is 1.48. The van der Waals surface area contributed by atoms with Crippen LogP contribution < -0.4 is 10.2 Å². The van der Waals surface area contributed by atoms with Crippen LogP contribution in [0.4, 0.5) is 11.5 Å². The van der Waals surface area contributed by atoms with E-state index in [-0.39, 0.29) is 5.91 Å². The van der Waals surface area contributed by atoms with Crippen molar-refractivity contribution in [1.29, 1.82) is 0 Å². The van der Waals surface area contributed by atoms with Crippen LogP contribution in [0.3, 0.4) is 0 Å². The SMILES string of the molecule is Cc1cccc(NC(=O)CCN(C)c2ncnc3sc(-c4ccccc4)cc23)c1C. The highest BCUT2D eigenvalue weighted by molar-refractivity contribution is 7.21. The maximum atomic E-state index is 12.5. The molecule has 0 atom stereocenters. The number of rotatable bonds is 6. The van der Waals surface area contributed by atoms with Gasteiger partial charge >= 0.3 is 0 Å². The largest absolute Gasteiger partial charge is 0.359 e. The molecule has 6 heteroatoms. The number of amides is 1. The average Bonchev–Trinajstić information content (AvgIpc) is 3.20. The lowest BCUT2D eigenvalue weighted by molar-refractivity contribution is -0.116. The summed E-state index contributed by atoms with van der Waals surface area (Å²) in [6.07, 6.45) is 1.97. The van der Waals surface area contributed by atoms with Crippen molar-refractivity contribution >= 4 is 39.0 Å². The van der Waals surface area contributed by atoms with E-state index >= 15 is 0 Å². The maximum absolute atomic E-state index is 12.5. The van der Waals surface area contributed by atoms with Crippen LogP contribution in [0.2, 0.25) is 0 Å². The molecule has 5 nitrogen and oxygen atoms in total. The van der Waals surface area contributed by atoms with E-state index in [1.54, 1.807) is 17.7 Å². The first-order valence-electron chi connectivity index (χ1n) is 9.90. The molecule has 4 aromatic rings. The third-order valence-corrected chi connectivity index (χ3v) is 6.37. The highest BCUT2D eigenvalue weighted by Gasteiger charge is 2.14. The van der Waals surface area contributed by atoms with Crippen molar-refractivity contribution in [3.8, 4) is 10.4 Å². The second-order valence-corrected chi connectivity index (χ2v) is 8.39. The summed E-state index contributed by atoms with van der Waals surface area (Å²) in [4.78, 5) is 25.6. The molecule has 1 amide bonds. The minimum Gasteiger partial charge on any atom is -0.359 e. The van der Waals surface area contributed by atoms with Gasteiger partial charge < -0.3 is 10.2 Å². The van der Waals surface area contributed by atoms with Crippen LogP contribution >= 0.6 is 11.3 Å². The van der Waals surface area contributed by atoms with Crippen LogP contribution in [0.5, 0.6) is 0 Å². The summed E-state index contributed by atoms with van der Waals surface area (Å²) < 4.78 is 0. The van der Waals surface area contributed by atoms with Gasteiger partial charge in [0.05, 0.1) is 5.39 Å². The summed E-state index contributed by atoms with van der Waals surface area (Å²) in [6.45, 7) is 4.64. The lowest BCUT2D eigenvalue weighted by Crippen LogP contribution is -2.25. The molecule has 30 heavy (non-hydrogen) atoms. The van der Waals surface area contributed by atoms with Crippen LogP contribution in [0, 0.1) is 13.8 Å². The van der Waals surface area contributed by atoms with Crippen LogP contribution in [0.1, 0.15) is 17.5 Å². The number of aromatic nitrogens is 2. The third kappa shape index (κ3) is 4.19. The summed E-state index contributed by atoms with van der Waals surface area (Å²) in [5.41, 5.74) is 4.31. The number of aryl methyl sites for hydroxylation is 1. The number of carbonyl (C=O) groups excluding carboxylic acids is 1. The Morgan fingerprint density at radius 3 is 2.67 bits per heavy atom. The van der Waals surface area contributed by atoms with E-state index in [0.717, 1.165) is 32.2 Å². The number of fused-ring (bicyclic) bond motifs is 1. The van der Waals surface area contributed by atoms with Gasteiger partial charge in [0, 0.05) is 30.6 Å². The summed E-state index contributed by atoms with van der Waals surface area (Å²) in [6, 6.07) is 18.4. The molecule has 0 fully saturated rings. The molecule has 2 aromatic heterocycles. The summed E-state index contributed by atoms with van der Waals surface area (Å²) in [5.74, 6) is 0.842. The summed E-state index contributed by atoms with van der Waals surface area (Å²) in [7, 11) is 1.97. The first-order chi connectivity index (χ1) is 14.5. The molecule has 152 valence electrons. The Hall–Kier alpha value is -3.25. The highest BCUT2D eigenvalue weighted by Crippen LogP contribution is 2.35. The van der Waals surface area contributed by atoms with E-state index in [1.165, 1.54) is 11.1 Å². The topological polar surface area (TPSA) is 58.1 Å². The molecule has 0 radical (unpaired) electrons. The van der Waals surface area contributed by atoms with Gasteiger partial charge in [-0.2, -0.15) is 0 Å². The molecular weight excluding hydrogens is 392 g/mol. The smallest absolute Gasteiger partial charge is 0.226 e. The van der Waals surface area contributed by atoms with E-state index in [0.29, 0.717) is 13.0 Å². The van der Waals surface area contributed by atoms with Crippen molar-refractivity contribution in [2.75, 3.05) is 23.8 Å². The van der Waals surface area contributed by atoms with Gasteiger partial charge in [-0.15, -0.1) is 11.3 Å². The van der Waals surface area contributed by atoms with E-state index in [1.807, 2.05) is 62.2 Å². The van der Waals surface area contributed by atoms with Gasteiger partial charge in [0.2, 0.25) is 5.91 Å². The number of nitrogens with one attached hydrogen (secondary N) is 1. The Morgan fingerprint density at radius 1 is 1.07 bits per heavy atom. The highest BCUT2D eigenvalue weighted by atomic mass is 32.1. The van der Waals surface area contributed by atoms with E-state index < -0.39 is 0 Å². The first-order valence-corrected chi connectivity index (χ1v) is 10.7. The lowest BCUT2D eigenvalue weighted by atomic mass is 10.1. The predicted octanol–water partition coefficient (Wildman–Crippen LogP) is 5.44. The number of benzene rings is 2. The molecule has 2 aromatic carbocycles. The fraction of sp³-hybridized carbons (Fsp3) is 0.208. The molecule has 1 N–H and O–H groups in total. The monoisotopic (exact) mass is 416 g/mol. The quantitative estimate of drug-likeness (QED) is 0.455. The predicted molar refractivity (Wildman–Crippen MR) is 125 cm³/mol. The number of nitrogens with zero attached hydrogens (tertiary/aromatic N) is 3. The molecular formula is C24H24N4OS. The number of hydrogen-bond acceptors (Lipinski definition) is 5. The Bertz CT molecular complexity index is 1190. The van der Waals surface area contributed by atoms with Crippen LogP contribution in [-0.2, 0) is 4.79 Å². The Kier molecular flexibility index (Phi) is 5.77. The molecule has 0 saturated heterocycles.